The third-order valence-electron chi connectivity index (χ3n) is 4.42. The van der Waals surface area contributed by atoms with Crippen LogP contribution in [-0.2, 0) is 4.74 Å². The molecule has 1 saturated heterocycles. The number of hydrogen-bond acceptors (Lipinski definition) is 4. The summed E-state index contributed by atoms with van der Waals surface area (Å²) in [5, 5.41) is 4.41. The summed E-state index contributed by atoms with van der Waals surface area (Å²) in [7, 11) is 0. The molecule has 6 heteroatoms. The van der Waals surface area contributed by atoms with Crippen LogP contribution in [0.1, 0.15) is 74.5 Å². The first-order valence-electron chi connectivity index (χ1n) is 8.39. The second-order valence-electron chi connectivity index (χ2n) is 7.52. The van der Waals surface area contributed by atoms with Crippen LogP contribution < -0.4 is 0 Å². The van der Waals surface area contributed by atoms with Gasteiger partial charge in [-0.25, -0.2) is 4.79 Å². The third kappa shape index (κ3) is 3.57. The smallest absolute Gasteiger partial charge is 0.410 e. The molecule has 0 aromatic carbocycles. The Labute approximate surface area is 136 Å². The van der Waals surface area contributed by atoms with Crippen LogP contribution in [0.4, 0.5) is 4.79 Å². The Morgan fingerprint density at radius 2 is 1.91 bits per heavy atom. The van der Waals surface area contributed by atoms with Crippen LogP contribution in [0.3, 0.4) is 0 Å². The SMILES string of the molecule is CC(C)(C)OC(=O)N1CCC(c2c(C=O)cnn2C2CC2)CC1. The van der Waals surface area contributed by atoms with E-state index >= 15 is 0 Å². The van der Waals surface area contributed by atoms with Crippen molar-refractivity contribution in [3.05, 3.63) is 17.5 Å². The highest BCUT2D eigenvalue weighted by molar-refractivity contribution is 5.76. The third-order valence-corrected chi connectivity index (χ3v) is 4.42. The molecular weight excluding hydrogens is 294 g/mol. The number of aromatic nitrogens is 2. The molecule has 0 bridgehead atoms. The Morgan fingerprint density at radius 3 is 2.43 bits per heavy atom. The van der Waals surface area contributed by atoms with E-state index in [9.17, 15) is 9.59 Å². The molecule has 1 aromatic heterocycles. The van der Waals surface area contributed by atoms with Gasteiger partial charge >= 0.3 is 6.09 Å². The van der Waals surface area contributed by atoms with E-state index in [0.29, 0.717) is 24.7 Å². The second-order valence-corrected chi connectivity index (χ2v) is 7.52. The van der Waals surface area contributed by atoms with Crippen molar-refractivity contribution in [1.82, 2.24) is 14.7 Å². The molecule has 0 radical (unpaired) electrons. The van der Waals surface area contributed by atoms with Crippen molar-refractivity contribution in [2.45, 2.75) is 64.0 Å². The predicted molar refractivity (Wildman–Crippen MR) is 85.7 cm³/mol. The fourth-order valence-corrected chi connectivity index (χ4v) is 3.17. The number of carbonyl (C=O) groups is 2. The molecule has 0 atom stereocenters. The lowest BCUT2D eigenvalue weighted by Crippen LogP contribution is -2.41. The number of aldehydes is 1. The second kappa shape index (κ2) is 5.98. The zero-order valence-electron chi connectivity index (χ0n) is 14.1. The number of likely N-dealkylation sites (tertiary alicyclic amines) is 1. The molecule has 6 nitrogen and oxygen atoms in total. The molecule has 1 aromatic rings. The van der Waals surface area contributed by atoms with Crippen molar-refractivity contribution in [2.75, 3.05) is 13.1 Å². The van der Waals surface area contributed by atoms with Crippen LogP contribution in [0.25, 0.3) is 0 Å². The van der Waals surface area contributed by atoms with Gasteiger partial charge < -0.3 is 9.64 Å². The number of hydrogen-bond donors (Lipinski definition) is 0. The first-order valence-corrected chi connectivity index (χ1v) is 8.39. The zero-order valence-corrected chi connectivity index (χ0v) is 14.1. The first kappa shape index (κ1) is 16.0. The molecule has 126 valence electrons. The molecule has 0 spiro atoms. The van der Waals surface area contributed by atoms with Gasteiger partial charge in [-0.2, -0.15) is 5.10 Å². The van der Waals surface area contributed by atoms with Crippen molar-refractivity contribution in [3.8, 4) is 0 Å². The van der Waals surface area contributed by atoms with Crippen molar-refractivity contribution < 1.29 is 14.3 Å². The van der Waals surface area contributed by atoms with Gasteiger partial charge in [0.25, 0.3) is 0 Å². The van der Waals surface area contributed by atoms with E-state index in [4.69, 9.17) is 4.74 Å². The average molecular weight is 319 g/mol. The van der Waals surface area contributed by atoms with Crippen molar-refractivity contribution >= 4 is 12.4 Å². The maximum atomic E-state index is 12.1. The largest absolute Gasteiger partial charge is 0.444 e. The summed E-state index contributed by atoms with van der Waals surface area (Å²) in [5.41, 5.74) is 1.29. The van der Waals surface area contributed by atoms with Gasteiger partial charge in [0, 0.05) is 19.0 Å². The van der Waals surface area contributed by atoms with Gasteiger partial charge in [0.15, 0.2) is 6.29 Å². The van der Waals surface area contributed by atoms with Crippen LogP contribution in [0.2, 0.25) is 0 Å². The van der Waals surface area contributed by atoms with Gasteiger partial charge in [0.2, 0.25) is 0 Å². The molecule has 2 aliphatic rings. The molecule has 2 fully saturated rings. The number of ether oxygens (including phenoxy) is 1. The Bertz CT molecular complexity index is 591. The maximum absolute atomic E-state index is 12.1. The van der Waals surface area contributed by atoms with E-state index in [1.54, 1.807) is 11.1 Å². The zero-order chi connectivity index (χ0) is 16.6. The summed E-state index contributed by atoms with van der Waals surface area (Å²) in [4.78, 5) is 25.2. The van der Waals surface area contributed by atoms with Crippen LogP contribution in [0, 0.1) is 0 Å². The minimum absolute atomic E-state index is 0.248. The molecule has 0 unspecified atom stereocenters. The van der Waals surface area contributed by atoms with Crippen LogP contribution in [-0.4, -0.2) is 45.8 Å². The summed E-state index contributed by atoms with van der Waals surface area (Å²) in [5.74, 6) is 0.289. The Kier molecular flexibility index (Phi) is 4.17. The van der Waals surface area contributed by atoms with E-state index in [-0.39, 0.29) is 12.0 Å². The minimum Gasteiger partial charge on any atom is -0.444 e. The van der Waals surface area contributed by atoms with E-state index in [1.165, 1.54) is 0 Å². The normalized spacial score (nSPS) is 19.7. The van der Waals surface area contributed by atoms with Gasteiger partial charge in [-0.3, -0.25) is 9.48 Å². The fraction of sp³-hybridized carbons (Fsp3) is 0.706. The highest BCUT2D eigenvalue weighted by Gasteiger charge is 2.34. The lowest BCUT2D eigenvalue weighted by molar-refractivity contribution is 0.0203. The summed E-state index contributed by atoms with van der Waals surface area (Å²) in [6.45, 7) is 6.95. The lowest BCUT2D eigenvalue weighted by Gasteiger charge is -2.33. The van der Waals surface area contributed by atoms with Crippen molar-refractivity contribution in [1.29, 1.82) is 0 Å². The molecule has 1 aliphatic carbocycles. The van der Waals surface area contributed by atoms with E-state index in [1.807, 2.05) is 25.5 Å². The molecule has 1 amide bonds. The molecule has 0 N–H and O–H groups in total. The van der Waals surface area contributed by atoms with E-state index in [2.05, 4.69) is 5.10 Å². The van der Waals surface area contributed by atoms with Gasteiger partial charge in [-0.05, 0) is 46.5 Å². The summed E-state index contributed by atoms with van der Waals surface area (Å²) in [6.07, 6.45) is 6.31. The van der Waals surface area contributed by atoms with Crippen LogP contribution in [0.15, 0.2) is 6.20 Å². The van der Waals surface area contributed by atoms with E-state index < -0.39 is 5.60 Å². The van der Waals surface area contributed by atoms with Crippen LogP contribution in [0.5, 0.6) is 0 Å². The predicted octanol–water partition coefficient (Wildman–Crippen LogP) is 3.15. The fourth-order valence-electron chi connectivity index (χ4n) is 3.17. The molecule has 1 aliphatic heterocycles. The van der Waals surface area contributed by atoms with E-state index in [0.717, 1.165) is 37.7 Å². The monoisotopic (exact) mass is 319 g/mol. The topological polar surface area (TPSA) is 64.4 Å². The van der Waals surface area contributed by atoms with Crippen molar-refractivity contribution in [2.24, 2.45) is 0 Å². The maximum Gasteiger partial charge on any atom is 0.410 e. The quantitative estimate of drug-likeness (QED) is 0.803. The summed E-state index contributed by atoms with van der Waals surface area (Å²) in [6, 6.07) is 0.461. The average Bonchev–Trinajstić information content (AvgIpc) is 3.24. The van der Waals surface area contributed by atoms with Gasteiger partial charge in [0.1, 0.15) is 5.60 Å². The molecule has 23 heavy (non-hydrogen) atoms. The molecular formula is C17H25N3O3. The standard InChI is InChI=1S/C17H25N3O3/c1-17(2,3)23-16(22)19-8-6-12(7-9-19)15-13(11-21)10-18-20(15)14-4-5-14/h10-12,14H,4-9H2,1-3H3. The molecule has 1 saturated carbocycles. The number of rotatable bonds is 3. The highest BCUT2D eigenvalue weighted by atomic mass is 16.6. The van der Waals surface area contributed by atoms with Crippen LogP contribution >= 0.6 is 0 Å². The molecule has 2 heterocycles. The number of carbonyl (C=O) groups excluding carboxylic acids is 2. The van der Waals surface area contributed by atoms with Gasteiger partial charge in [-0.15, -0.1) is 0 Å². The van der Waals surface area contributed by atoms with Crippen molar-refractivity contribution in [3.63, 3.8) is 0 Å². The summed E-state index contributed by atoms with van der Waals surface area (Å²) >= 11 is 0. The summed E-state index contributed by atoms with van der Waals surface area (Å²) < 4.78 is 7.47. The highest BCUT2D eigenvalue weighted by Crippen LogP contribution is 2.40. The number of amides is 1. The minimum atomic E-state index is -0.469. The number of nitrogens with zero attached hydrogens (tertiary/aromatic N) is 3. The Morgan fingerprint density at radius 1 is 1.26 bits per heavy atom. The molecule has 3 rings (SSSR count). The van der Waals surface area contributed by atoms with Gasteiger partial charge in [-0.1, -0.05) is 0 Å². The first-order chi connectivity index (χ1) is 10.9. The Hall–Kier alpha value is -1.85. The number of piperidine rings is 1. The Balaban J connectivity index is 1.66. The van der Waals surface area contributed by atoms with Gasteiger partial charge in [0.05, 0.1) is 23.5 Å². The lowest BCUT2D eigenvalue weighted by atomic mass is 9.91.